The van der Waals surface area contributed by atoms with Crippen LogP contribution in [0.1, 0.15) is 135 Å². The Morgan fingerprint density at radius 2 is 1.20 bits per heavy atom. The van der Waals surface area contributed by atoms with E-state index in [1.807, 2.05) is 41.5 Å². The van der Waals surface area contributed by atoms with Crippen LogP contribution in [0.3, 0.4) is 0 Å². The number of fused-ring (bicyclic) bond motifs is 8. The van der Waals surface area contributed by atoms with Gasteiger partial charge in [0, 0.05) is 44.9 Å². The number of aliphatic hydroxyl groups is 1. The smallest absolute Gasteiger partial charge is 0.344 e. The summed E-state index contributed by atoms with van der Waals surface area (Å²) in [6.45, 7) is 18.6. The van der Waals surface area contributed by atoms with E-state index in [-0.39, 0.29) is 45.1 Å². The lowest BCUT2D eigenvalue weighted by atomic mass is 9.47. The van der Waals surface area contributed by atoms with Crippen molar-refractivity contribution in [3.63, 3.8) is 0 Å². The molecule has 7 rings (SSSR count). The van der Waals surface area contributed by atoms with Crippen molar-refractivity contribution in [1.82, 2.24) is 0 Å². The summed E-state index contributed by atoms with van der Waals surface area (Å²) in [5, 5.41) is 24.1. The van der Waals surface area contributed by atoms with Crippen LogP contribution < -0.4 is 9.47 Å². The zero-order chi connectivity index (χ0) is 36.1. The molecule has 1 aromatic rings. The van der Waals surface area contributed by atoms with Gasteiger partial charge in [-0.2, -0.15) is 0 Å². The molecule has 5 unspecified atom stereocenters. The fourth-order valence-corrected chi connectivity index (χ4v) is 11.4. The topological polar surface area (TPSA) is 144 Å². The summed E-state index contributed by atoms with van der Waals surface area (Å²) in [4.78, 5) is 71.7. The first-order valence-electron chi connectivity index (χ1n) is 17.8. The molecule has 5 atom stereocenters. The molecule has 0 radical (unpaired) electrons. The monoisotopic (exact) mass is 672 g/mol. The maximum Gasteiger partial charge on any atom is 0.344 e. The largest absolute Gasteiger partial charge is 0.507 e. The summed E-state index contributed by atoms with van der Waals surface area (Å²) in [5.41, 5.74) is -3.14. The molecular weight excluding hydrogens is 624 g/mol. The number of carbonyl (C=O) groups is 5. The van der Waals surface area contributed by atoms with Gasteiger partial charge in [0.2, 0.25) is 28.9 Å². The SMILES string of the molecule is CC(C)C1=C(O)C2=C(C(=O)C1=O)C1(C)CCCC(C)(C)C1C(=O)C21Oc2c(c3c(c(O)c2C(C)C)C(=O)C(=O)C2C(C)(C)CCCC32C)O1. The van der Waals surface area contributed by atoms with Crippen molar-refractivity contribution < 1.29 is 43.7 Å². The number of carbonyl (C=O) groups excluding carboxylic acids is 5. The summed E-state index contributed by atoms with van der Waals surface area (Å²) in [6, 6.07) is 0. The van der Waals surface area contributed by atoms with Crippen molar-refractivity contribution in [1.29, 1.82) is 0 Å². The average molecular weight is 673 g/mol. The van der Waals surface area contributed by atoms with E-state index >= 15 is 4.79 Å². The van der Waals surface area contributed by atoms with Crippen LogP contribution in [0.15, 0.2) is 22.5 Å². The number of allylic oxidation sites excluding steroid dienone is 2. The van der Waals surface area contributed by atoms with E-state index in [0.29, 0.717) is 31.2 Å². The van der Waals surface area contributed by atoms with Gasteiger partial charge < -0.3 is 19.7 Å². The third kappa shape index (κ3) is 3.90. The number of aromatic hydroxyl groups is 1. The first-order chi connectivity index (χ1) is 22.6. The number of aliphatic hydroxyl groups excluding tert-OH is 1. The van der Waals surface area contributed by atoms with E-state index in [0.717, 1.165) is 12.8 Å². The second-order valence-corrected chi connectivity index (χ2v) is 17.9. The molecule has 2 fully saturated rings. The van der Waals surface area contributed by atoms with Gasteiger partial charge in [-0.3, -0.25) is 24.0 Å². The molecule has 9 nitrogen and oxygen atoms in total. The van der Waals surface area contributed by atoms with E-state index in [2.05, 4.69) is 0 Å². The molecule has 5 aliphatic carbocycles. The number of hydrogen-bond donors (Lipinski definition) is 2. The molecule has 0 bridgehead atoms. The van der Waals surface area contributed by atoms with Crippen LogP contribution in [-0.2, 0) is 24.6 Å². The van der Waals surface area contributed by atoms with Gasteiger partial charge in [0.1, 0.15) is 11.5 Å². The molecule has 0 amide bonds. The van der Waals surface area contributed by atoms with Crippen LogP contribution in [-0.4, -0.2) is 44.9 Å². The van der Waals surface area contributed by atoms with Crippen LogP contribution in [0.4, 0.5) is 0 Å². The molecule has 262 valence electrons. The van der Waals surface area contributed by atoms with Gasteiger partial charge in [0.05, 0.1) is 11.1 Å². The summed E-state index contributed by atoms with van der Waals surface area (Å²) in [6.07, 6.45) is 3.79. The van der Waals surface area contributed by atoms with E-state index in [1.54, 1.807) is 27.7 Å². The molecule has 9 heteroatoms. The molecule has 49 heavy (non-hydrogen) atoms. The first kappa shape index (κ1) is 33.7. The summed E-state index contributed by atoms with van der Waals surface area (Å²) < 4.78 is 13.8. The Morgan fingerprint density at radius 3 is 1.78 bits per heavy atom. The van der Waals surface area contributed by atoms with E-state index in [9.17, 15) is 29.4 Å². The lowest BCUT2D eigenvalue weighted by molar-refractivity contribution is -0.170. The highest BCUT2D eigenvalue weighted by Gasteiger charge is 2.72. The number of Topliss-reactive ketones (excluding diaryl/α,β-unsaturated/α-hetero) is 5. The van der Waals surface area contributed by atoms with Crippen molar-refractivity contribution in [2.75, 3.05) is 0 Å². The van der Waals surface area contributed by atoms with Gasteiger partial charge in [0.25, 0.3) is 0 Å². The van der Waals surface area contributed by atoms with Crippen molar-refractivity contribution in [3.8, 4) is 17.2 Å². The second-order valence-electron chi connectivity index (χ2n) is 17.9. The Hall–Kier alpha value is -3.75. The quantitative estimate of drug-likeness (QED) is 0.247. The molecule has 1 heterocycles. The minimum Gasteiger partial charge on any atom is -0.507 e. The van der Waals surface area contributed by atoms with Crippen LogP contribution in [0, 0.1) is 34.0 Å². The van der Waals surface area contributed by atoms with Crippen molar-refractivity contribution in [2.45, 2.75) is 125 Å². The maximum atomic E-state index is 15.5. The fourth-order valence-electron chi connectivity index (χ4n) is 11.4. The third-order valence-corrected chi connectivity index (χ3v) is 13.1. The highest BCUT2D eigenvalue weighted by molar-refractivity contribution is 6.51. The highest BCUT2D eigenvalue weighted by Crippen LogP contribution is 2.68. The van der Waals surface area contributed by atoms with E-state index in [1.165, 1.54) is 0 Å². The van der Waals surface area contributed by atoms with E-state index < -0.39 is 85.8 Å². The molecule has 6 aliphatic rings. The number of phenols is 1. The van der Waals surface area contributed by atoms with Gasteiger partial charge in [-0.1, -0.05) is 82.1 Å². The van der Waals surface area contributed by atoms with Gasteiger partial charge in [-0.25, -0.2) is 0 Å². The standard InChI is InChI=1S/C40H48O9/c1-17(2)19-26(42)24-23(29(45)27(19)43)39(10)16-12-14-37(7,8)34(39)35(47)40(24)48-31-20(18(3)4)25(41)21-22(32(31)49-40)38(9)15-11-13-36(5,6)33(38)30(46)28(21)44/h17-18,33-34,41-42H,11-16H2,1-10H3. The molecule has 1 spiro atoms. The minimum absolute atomic E-state index is 0.0305. The summed E-state index contributed by atoms with van der Waals surface area (Å²) in [7, 11) is 0. The molecule has 0 aromatic heterocycles. The highest BCUT2D eigenvalue weighted by atomic mass is 16.7. The zero-order valence-corrected chi connectivity index (χ0v) is 30.3. The predicted octanol–water partition coefficient (Wildman–Crippen LogP) is 7.16. The van der Waals surface area contributed by atoms with E-state index in [4.69, 9.17) is 9.47 Å². The number of phenolic OH excluding ortho intramolecular Hbond substituents is 1. The van der Waals surface area contributed by atoms with Crippen LogP contribution in [0.5, 0.6) is 17.2 Å². The van der Waals surface area contributed by atoms with Crippen LogP contribution >= 0.6 is 0 Å². The average Bonchev–Trinajstić information content (AvgIpc) is 3.35. The molecule has 2 saturated carbocycles. The summed E-state index contributed by atoms with van der Waals surface area (Å²) >= 11 is 0. The molecule has 2 N–H and O–H groups in total. The molecule has 1 aliphatic heterocycles. The van der Waals surface area contributed by atoms with Crippen molar-refractivity contribution >= 4 is 28.9 Å². The molecular formula is C40H48O9. The Balaban J connectivity index is 1.61. The Kier molecular flexibility index (Phi) is 6.84. The summed E-state index contributed by atoms with van der Waals surface area (Å²) in [5.74, 6) is -9.18. The Bertz CT molecular complexity index is 1890. The number of benzene rings is 1. The Labute approximate surface area is 287 Å². The maximum absolute atomic E-state index is 15.5. The predicted molar refractivity (Wildman–Crippen MR) is 180 cm³/mol. The van der Waals surface area contributed by atoms with Crippen LogP contribution in [0.2, 0.25) is 0 Å². The lowest BCUT2D eigenvalue weighted by Gasteiger charge is -2.56. The number of ketones is 5. The number of hydrogen-bond acceptors (Lipinski definition) is 9. The second kappa shape index (κ2) is 9.94. The van der Waals surface area contributed by atoms with Crippen molar-refractivity contribution in [3.05, 3.63) is 39.2 Å². The van der Waals surface area contributed by atoms with Gasteiger partial charge in [0.15, 0.2) is 11.5 Å². The number of ether oxygens (including phenoxy) is 2. The zero-order valence-electron chi connectivity index (χ0n) is 30.3. The van der Waals surface area contributed by atoms with Gasteiger partial charge >= 0.3 is 5.79 Å². The molecule has 0 saturated heterocycles. The van der Waals surface area contributed by atoms with Gasteiger partial charge in [-0.15, -0.1) is 0 Å². The van der Waals surface area contributed by atoms with Crippen molar-refractivity contribution in [2.24, 2.45) is 34.0 Å². The normalized spacial score (nSPS) is 34.5. The third-order valence-electron chi connectivity index (χ3n) is 13.1. The van der Waals surface area contributed by atoms with Gasteiger partial charge in [-0.05, 0) is 48.3 Å². The number of rotatable bonds is 2. The fraction of sp³-hybridized carbons (Fsp3) is 0.625. The first-order valence-corrected chi connectivity index (χ1v) is 17.8. The lowest BCUT2D eigenvalue weighted by Crippen LogP contribution is -2.65. The molecule has 1 aromatic carbocycles. The Morgan fingerprint density at radius 1 is 0.653 bits per heavy atom. The minimum atomic E-state index is -2.39. The van der Waals surface area contributed by atoms with Crippen LogP contribution in [0.25, 0.3) is 0 Å².